The van der Waals surface area contributed by atoms with E-state index in [2.05, 4.69) is 16.2 Å². The molecule has 0 fully saturated rings. The van der Waals surface area contributed by atoms with Gasteiger partial charge in [-0.2, -0.15) is 0 Å². The second-order valence-electron chi connectivity index (χ2n) is 5.50. The van der Waals surface area contributed by atoms with Crippen LogP contribution in [0.25, 0.3) is 0 Å². The first-order valence-corrected chi connectivity index (χ1v) is 8.70. The maximum absolute atomic E-state index is 12.2. The van der Waals surface area contributed by atoms with Crippen LogP contribution < -0.4 is 20.9 Å². The number of thiocarbonyl (C=S) groups is 1. The Balaban J connectivity index is 1.87. The van der Waals surface area contributed by atoms with Crippen LogP contribution in [0.3, 0.4) is 0 Å². The number of para-hydroxylation sites is 1. The molecule has 0 aliphatic rings. The van der Waals surface area contributed by atoms with E-state index >= 15 is 0 Å². The first kappa shape index (κ1) is 21.7. The second-order valence-corrected chi connectivity index (χ2v) is 5.91. The molecule has 3 N–H and O–H groups in total. The Morgan fingerprint density at radius 2 is 1.72 bits per heavy atom. The largest absolute Gasteiger partial charge is 0.491 e. The number of nitro groups is 1. The van der Waals surface area contributed by atoms with Crippen LogP contribution in [0.5, 0.6) is 5.75 Å². The number of ether oxygens (including phenoxy) is 2. The average molecular weight is 418 g/mol. The quantitative estimate of drug-likeness (QED) is 0.267. The van der Waals surface area contributed by atoms with Crippen molar-refractivity contribution < 1.29 is 24.0 Å². The summed E-state index contributed by atoms with van der Waals surface area (Å²) in [5, 5.41) is 13.2. The molecule has 0 heterocycles. The highest BCUT2D eigenvalue weighted by Crippen LogP contribution is 2.17. The summed E-state index contributed by atoms with van der Waals surface area (Å²) >= 11 is 4.95. The van der Waals surface area contributed by atoms with Crippen molar-refractivity contribution in [2.75, 3.05) is 20.3 Å². The van der Waals surface area contributed by atoms with Crippen LogP contribution in [0.2, 0.25) is 0 Å². The predicted octanol–water partition coefficient (Wildman–Crippen LogP) is 1.57. The minimum absolute atomic E-state index is 0.150. The number of hydrogen-bond acceptors (Lipinski definition) is 7. The molecular formula is C18H18N4O6S. The highest BCUT2D eigenvalue weighted by molar-refractivity contribution is 7.80. The lowest BCUT2D eigenvalue weighted by Gasteiger charge is -2.11. The van der Waals surface area contributed by atoms with Crippen molar-refractivity contribution in [3.05, 3.63) is 69.8 Å². The maximum Gasteiger partial charge on any atom is 0.282 e. The van der Waals surface area contributed by atoms with Crippen LogP contribution in [0.1, 0.15) is 20.7 Å². The summed E-state index contributed by atoms with van der Waals surface area (Å²) in [4.78, 5) is 34.6. The van der Waals surface area contributed by atoms with Gasteiger partial charge in [-0.05, 0) is 42.5 Å². The van der Waals surface area contributed by atoms with Crippen LogP contribution in [-0.2, 0) is 4.74 Å². The molecule has 2 rings (SSSR count). The lowest BCUT2D eigenvalue weighted by atomic mass is 10.2. The van der Waals surface area contributed by atoms with E-state index in [1.54, 1.807) is 31.4 Å². The molecule has 2 aromatic carbocycles. The summed E-state index contributed by atoms with van der Waals surface area (Å²) in [7, 11) is 1.57. The molecular weight excluding hydrogens is 400 g/mol. The van der Waals surface area contributed by atoms with E-state index in [1.807, 2.05) is 0 Å². The van der Waals surface area contributed by atoms with Crippen molar-refractivity contribution in [2.24, 2.45) is 0 Å². The molecule has 0 saturated carbocycles. The number of nitrogens with zero attached hydrogens (tertiary/aromatic N) is 1. The van der Waals surface area contributed by atoms with Gasteiger partial charge in [0.25, 0.3) is 17.5 Å². The third kappa shape index (κ3) is 6.52. The fourth-order valence-electron chi connectivity index (χ4n) is 2.16. The van der Waals surface area contributed by atoms with Gasteiger partial charge in [0.1, 0.15) is 17.9 Å². The van der Waals surface area contributed by atoms with Crippen LogP contribution in [-0.4, -0.2) is 42.2 Å². The number of hydrogen-bond donors (Lipinski definition) is 3. The standard InChI is InChI=1S/C18H18N4O6S/c1-27-10-11-28-13-8-6-12(7-9-13)16(23)19-18(29)21-20-17(24)14-4-2-3-5-15(14)22(25)26/h2-9H,10-11H2,1H3,(H,20,24)(H2,19,21,23,29). The van der Waals surface area contributed by atoms with E-state index in [0.29, 0.717) is 24.5 Å². The minimum Gasteiger partial charge on any atom is -0.491 e. The molecule has 0 radical (unpaired) electrons. The topological polar surface area (TPSA) is 132 Å². The zero-order valence-corrected chi connectivity index (χ0v) is 16.2. The molecule has 0 unspecified atom stereocenters. The number of hydrazine groups is 1. The van der Waals surface area contributed by atoms with Gasteiger partial charge in [-0.15, -0.1) is 0 Å². The predicted molar refractivity (Wildman–Crippen MR) is 108 cm³/mol. The van der Waals surface area contributed by atoms with Gasteiger partial charge in [-0.25, -0.2) is 0 Å². The number of carbonyl (C=O) groups is 2. The lowest BCUT2D eigenvalue weighted by Crippen LogP contribution is -2.48. The number of amides is 2. The summed E-state index contributed by atoms with van der Waals surface area (Å²) in [6.45, 7) is 0.829. The Bertz CT molecular complexity index is 903. The Kier molecular flexibility index (Phi) is 8.00. The zero-order chi connectivity index (χ0) is 21.2. The molecule has 2 amide bonds. The SMILES string of the molecule is COCCOc1ccc(C(=O)NC(=S)NNC(=O)c2ccccc2[N+](=O)[O-])cc1. The first-order chi connectivity index (χ1) is 13.9. The monoisotopic (exact) mass is 418 g/mol. The Hall–Kier alpha value is -3.57. The van der Waals surface area contributed by atoms with Gasteiger partial charge in [0.15, 0.2) is 5.11 Å². The molecule has 0 aromatic heterocycles. The van der Waals surface area contributed by atoms with E-state index in [4.69, 9.17) is 21.7 Å². The summed E-state index contributed by atoms with van der Waals surface area (Å²) in [5.74, 6) is -0.701. The van der Waals surface area contributed by atoms with Crippen molar-refractivity contribution in [1.29, 1.82) is 0 Å². The molecule has 0 saturated heterocycles. The molecule has 11 heteroatoms. The third-order valence-corrected chi connectivity index (χ3v) is 3.74. The van der Waals surface area contributed by atoms with Crippen molar-refractivity contribution >= 4 is 34.8 Å². The van der Waals surface area contributed by atoms with Gasteiger partial charge in [0.2, 0.25) is 0 Å². The van der Waals surface area contributed by atoms with E-state index in [1.165, 1.54) is 24.3 Å². The van der Waals surface area contributed by atoms with Crippen LogP contribution in [0.15, 0.2) is 48.5 Å². The molecule has 152 valence electrons. The number of carbonyl (C=O) groups excluding carboxylic acids is 2. The van der Waals surface area contributed by atoms with Crippen molar-refractivity contribution in [2.45, 2.75) is 0 Å². The molecule has 2 aromatic rings. The van der Waals surface area contributed by atoms with Gasteiger partial charge in [0, 0.05) is 18.7 Å². The molecule has 0 aliphatic carbocycles. The van der Waals surface area contributed by atoms with Gasteiger partial charge in [-0.3, -0.25) is 35.9 Å². The Morgan fingerprint density at radius 3 is 2.38 bits per heavy atom. The number of benzene rings is 2. The van der Waals surface area contributed by atoms with Gasteiger partial charge in [0.05, 0.1) is 11.5 Å². The number of nitro benzene ring substituents is 1. The fourth-order valence-corrected chi connectivity index (χ4v) is 2.30. The molecule has 0 aliphatic heterocycles. The minimum atomic E-state index is -0.772. The van der Waals surface area contributed by atoms with Crippen molar-refractivity contribution in [3.8, 4) is 5.75 Å². The Morgan fingerprint density at radius 1 is 1.03 bits per heavy atom. The summed E-state index contributed by atoms with van der Waals surface area (Å²) < 4.78 is 10.3. The van der Waals surface area contributed by atoms with Crippen molar-refractivity contribution in [3.63, 3.8) is 0 Å². The van der Waals surface area contributed by atoms with Gasteiger partial charge >= 0.3 is 0 Å². The molecule has 0 atom stereocenters. The highest BCUT2D eigenvalue weighted by Gasteiger charge is 2.19. The average Bonchev–Trinajstić information content (AvgIpc) is 2.72. The summed E-state index contributed by atoms with van der Waals surface area (Å²) in [6.07, 6.45) is 0. The highest BCUT2D eigenvalue weighted by atomic mass is 32.1. The third-order valence-electron chi connectivity index (χ3n) is 3.53. The number of methoxy groups -OCH3 is 1. The molecule has 10 nitrogen and oxygen atoms in total. The van der Waals surface area contributed by atoms with Crippen LogP contribution in [0.4, 0.5) is 5.69 Å². The first-order valence-electron chi connectivity index (χ1n) is 8.29. The number of rotatable bonds is 7. The fraction of sp³-hybridized carbons (Fsp3) is 0.167. The van der Waals surface area contributed by atoms with Crippen LogP contribution >= 0.6 is 12.2 Å². The van der Waals surface area contributed by atoms with E-state index in [0.717, 1.165) is 0 Å². The normalized spacial score (nSPS) is 9.97. The molecule has 0 bridgehead atoms. The van der Waals surface area contributed by atoms with Gasteiger partial charge in [-0.1, -0.05) is 12.1 Å². The molecule has 0 spiro atoms. The van der Waals surface area contributed by atoms with Crippen molar-refractivity contribution in [1.82, 2.24) is 16.2 Å². The van der Waals surface area contributed by atoms with E-state index in [-0.39, 0.29) is 16.4 Å². The second kappa shape index (κ2) is 10.7. The summed E-state index contributed by atoms with van der Waals surface area (Å²) in [6, 6.07) is 11.8. The lowest BCUT2D eigenvalue weighted by molar-refractivity contribution is -0.385. The Labute approximate surface area is 171 Å². The zero-order valence-electron chi connectivity index (χ0n) is 15.3. The van der Waals surface area contributed by atoms with E-state index in [9.17, 15) is 19.7 Å². The smallest absolute Gasteiger partial charge is 0.282 e. The number of nitrogens with one attached hydrogen (secondary N) is 3. The summed E-state index contributed by atoms with van der Waals surface area (Å²) in [5.41, 5.74) is 4.36. The molecule has 29 heavy (non-hydrogen) atoms. The van der Waals surface area contributed by atoms with Gasteiger partial charge < -0.3 is 9.47 Å². The maximum atomic E-state index is 12.2. The van der Waals surface area contributed by atoms with E-state index < -0.39 is 16.7 Å². The van der Waals surface area contributed by atoms with Crippen LogP contribution in [0, 0.1) is 10.1 Å².